The Morgan fingerprint density at radius 2 is 2.06 bits per heavy atom. The molecule has 0 spiro atoms. The summed E-state index contributed by atoms with van der Waals surface area (Å²) >= 11 is 2.04. The van der Waals surface area contributed by atoms with Crippen LogP contribution in [0, 0.1) is 0 Å². The third kappa shape index (κ3) is 1.94. The van der Waals surface area contributed by atoms with Crippen molar-refractivity contribution >= 4 is 28.5 Å². The van der Waals surface area contributed by atoms with E-state index in [-0.39, 0.29) is 0 Å². The molecule has 1 aliphatic heterocycles. The van der Waals surface area contributed by atoms with Crippen molar-refractivity contribution in [1.29, 1.82) is 0 Å². The van der Waals surface area contributed by atoms with Crippen LogP contribution in [-0.4, -0.2) is 33.6 Å². The summed E-state index contributed by atoms with van der Waals surface area (Å²) in [5.41, 5.74) is 1.03. The number of anilines is 1. The highest BCUT2D eigenvalue weighted by molar-refractivity contribution is 8.00. The van der Waals surface area contributed by atoms with Gasteiger partial charge in [0.1, 0.15) is 12.1 Å². The van der Waals surface area contributed by atoms with Crippen molar-refractivity contribution in [3.63, 3.8) is 0 Å². The fraction of sp³-hybridized carbons (Fsp3) is 0.429. The van der Waals surface area contributed by atoms with Crippen LogP contribution in [0.2, 0.25) is 0 Å². The van der Waals surface area contributed by atoms with Crippen LogP contribution in [-0.2, 0) is 0 Å². The van der Waals surface area contributed by atoms with Gasteiger partial charge < -0.3 is 4.90 Å². The Morgan fingerprint density at radius 3 is 2.94 bits per heavy atom. The van der Waals surface area contributed by atoms with Gasteiger partial charge in [0.25, 0.3) is 0 Å². The molecule has 1 fully saturated rings. The van der Waals surface area contributed by atoms with E-state index in [1.165, 1.54) is 5.75 Å². The lowest BCUT2D eigenvalue weighted by Crippen LogP contribution is -2.45. The molecule has 4 heteroatoms. The van der Waals surface area contributed by atoms with Crippen LogP contribution in [0.1, 0.15) is 13.8 Å². The smallest absolute Gasteiger partial charge is 0.140 e. The van der Waals surface area contributed by atoms with Crippen molar-refractivity contribution in [2.45, 2.75) is 25.1 Å². The second-order valence-corrected chi connectivity index (χ2v) is 6.21. The summed E-state index contributed by atoms with van der Waals surface area (Å²) in [6, 6.07) is 8.76. The van der Waals surface area contributed by atoms with Crippen LogP contribution in [0.3, 0.4) is 0 Å². The van der Waals surface area contributed by atoms with Crippen LogP contribution in [0.15, 0.2) is 30.6 Å². The van der Waals surface area contributed by atoms with Gasteiger partial charge in [0.05, 0.1) is 5.52 Å². The predicted octanol–water partition coefficient (Wildman–Crippen LogP) is 2.96. The fourth-order valence-electron chi connectivity index (χ4n) is 2.45. The van der Waals surface area contributed by atoms with Gasteiger partial charge in [-0.1, -0.05) is 19.1 Å². The number of aromatic nitrogens is 2. The van der Waals surface area contributed by atoms with E-state index in [4.69, 9.17) is 0 Å². The van der Waals surface area contributed by atoms with Gasteiger partial charge in [0.2, 0.25) is 0 Å². The van der Waals surface area contributed by atoms with E-state index in [1.807, 2.05) is 23.9 Å². The molecule has 18 heavy (non-hydrogen) atoms. The molecule has 1 aliphatic rings. The maximum absolute atomic E-state index is 4.52. The summed E-state index contributed by atoms with van der Waals surface area (Å²) in [7, 11) is 0. The molecule has 0 aliphatic carbocycles. The first-order valence-electron chi connectivity index (χ1n) is 6.35. The molecule has 0 bridgehead atoms. The van der Waals surface area contributed by atoms with Crippen molar-refractivity contribution in [2.75, 3.05) is 17.2 Å². The predicted molar refractivity (Wildman–Crippen MR) is 78.3 cm³/mol. The largest absolute Gasteiger partial charge is 0.351 e. The van der Waals surface area contributed by atoms with Gasteiger partial charge in [-0.25, -0.2) is 9.97 Å². The van der Waals surface area contributed by atoms with Crippen molar-refractivity contribution in [3.05, 3.63) is 30.6 Å². The van der Waals surface area contributed by atoms with Gasteiger partial charge in [-0.2, -0.15) is 11.8 Å². The number of fused-ring (bicyclic) bond motifs is 1. The minimum atomic E-state index is 0.516. The molecule has 3 rings (SSSR count). The highest BCUT2D eigenvalue weighted by Gasteiger charge is 2.27. The van der Waals surface area contributed by atoms with E-state index in [0.717, 1.165) is 23.3 Å². The van der Waals surface area contributed by atoms with Crippen LogP contribution in [0.5, 0.6) is 0 Å². The monoisotopic (exact) mass is 259 g/mol. The zero-order valence-electron chi connectivity index (χ0n) is 10.7. The van der Waals surface area contributed by atoms with E-state index in [2.05, 4.69) is 40.8 Å². The lowest BCUT2D eigenvalue weighted by molar-refractivity contribution is 0.622. The maximum Gasteiger partial charge on any atom is 0.140 e. The number of para-hydroxylation sites is 1. The van der Waals surface area contributed by atoms with E-state index in [1.54, 1.807) is 6.33 Å². The zero-order chi connectivity index (χ0) is 12.5. The maximum atomic E-state index is 4.52. The Bertz CT molecular complexity index is 552. The molecule has 2 aromatic rings. The van der Waals surface area contributed by atoms with Crippen LogP contribution >= 0.6 is 11.8 Å². The number of benzene rings is 1. The first-order chi connectivity index (χ1) is 8.77. The lowest BCUT2D eigenvalue weighted by Gasteiger charge is -2.38. The topological polar surface area (TPSA) is 29.0 Å². The van der Waals surface area contributed by atoms with E-state index in [9.17, 15) is 0 Å². The highest BCUT2D eigenvalue weighted by Crippen LogP contribution is 2.31. The Morgan fingerprint density at radius 1 is 1.22 bits per heavy atom. The number of rotatable bonds is 1. The van der Waals surface area contributed by atoms with Crippen LogP contribution < -0.4 is 4.90 Å². The van der Waals surface area contributed by atoms with Crippen molar-refractivity contribution in [3.8, 4) is 0 Å². The molecule has 2 unspecified atom stereocenters. The van der Waals surface area contributed by atoms with E-state index >= 15 is 0 Å². The first-order valence-corrected chi connectivity index (χ1v) is 7.40. The van der Waals surface area contributed by atoms with Crippen molar-refractivity contribution in [1.82, 2.24) is 9.97 Å². The van der Waals surface area contributed by atoms with Gasteiger partial charge in [0.15, 0.2) is 0 Å². The third-order valence-corrected chi connectivity index (χ3v) is 5.02. The van der Waals surface area contributed by atoms with E-state index in [0.29, 0.717) is 11.3 Å². The van der Waals surface area contributed by atoms with Gasteiger partial charge in [0, 0.05) is 29.0 Å². The average molecular weight is 259 g/mol. The summed E-state index contributed by atoms with van der Waals surface area (Å²) in [5, 5.41) is 1.80. The normalized spacial score (nSPS) is 24.4. The molecule has 1 aromatic heterocycles. The average Bonchev–Trinajstić information content (AvgIpc) is 2.41. The number of thioether (sulfide) groups is 1. The molecule has 0 radical (unpaired) electrons. The summed E-state index contributed by atoms with van der Waals surface area (Å²) in [4.78, 5) is 11.3. The molecule has 94 valence electrons. The molecule has 3 nitrogen and oxygen atoms in total. The van der Waals surface area contributed by atoms with Gasteiger partial charge in [-0.05, 0) is 19.1 Å². The summed E-state index contributed by atoms with van der Waals surface area (Å²) < 4.78 is 0. The number of nitrogens with zero attached hydrogens (tertiary/aromatic N) is 3. The van der Waals surface area contributed by atoms with Gasteiger partial charge in [-0.15, -0.1) is 0 Å². The lowest BCUT2D eigenvalue weighted by atomic mass is 10.1. The molecule has 2 atom stereocenters. The molecule has 0 N–H and O–H groups in total. The number of hydrogen-bond donors (Lipinski definition) is 0. The number of hydrogen-bond acceptors (Lipinski definition) is 4. The molecule has 2 heterocycles. The Kier molecular flexibility index (Phi) is 3.12. The standard InChI is InChI=1S/C14H17N3S/c1-10-11(2)18-8-7-17(10)14-12-5-3-4-6-13(12)15-9-16-14/h3-6,9-11H,7-8H2,1-2H3. The molecule has 0 amide bonds. The highest BCUT2D eigenvalue weighted by atomic mass is 32.2. The molecular weight excluding hydrogens is 242 g/mol. The summed E-state index contributed by atoms with van der Waals surface area (Å²) in [6.45, 7) is 5.65. The Labute approximate surface area is 112 Å². The minimum Gasteiger partial charge on any atom is -0.351 e. The first kappa shape index (κ1) is 11.8. The SMILES string of the molecule is CC1SCCN(c2ncnc3ccccc23)C1C. The second-order valence-electron chi connectivity index (χ2n) is 4.72. The zero-order valence-corrected chi connectivity index (χ0v) is 11.5. The summed E-state index contributed by atoms with van der Waals surface area (Å²) in [6.07, 6.45) is 1.68. The Hall–Kier alpha value is -1.29. The molecule has 0 saturated carbocycles. The molecule has 1 saturated heterocycles. The third-order valence-electron chi connectivity index (χ3n) is 3.68. The Balaban J connectivity index is 2.08. The minimum absolute atomic E-state index is 0.516. The quantitative estimate of drug-likeness (QED) is 0.787. The molecular formula is C14H17N3S. The second kappa shape index (κ2) is 4.76. The molecule has 1 aromatic carbocycles. The van der Waals surface area contributed by atoms with Crippen LogP contribution in [0.4, 0.5) is 5.82 Å². The van der Waals surface area contributed by atoms with Gasteiger partial charge in [-0.3, -0.25) is 0 Å². The van der Waals surface area contributed by atoms with Crippen LogP contribution in [0.25, 0.3) is 10.9 Å². The summed E-state index contributed by atoms with van der Waals surface area (Å²) in [5.74, 6) is 2.25. The van der Waals surface area contributed by atoms with E-state index < -0.39 is 0 Å². The van der Waals surface area contributed by atoms with Crippen molar-refractivity contribution < 1.29 is 0 Å². The van der Waals surface area contributed by atoms with Crippen molar-refractivity contribution in [2.24, 2.45) is 0 Å². The fourth-order valence-corrected chi connectivity index (χ4v) is 3.55. The van der Waals surface area contributed by atoms with Gasteiger partial charge >= 0.3 is 0 Å².